The highest BCUT2D eigenvalue weighted by molar-refractivity contribution is 6.06. The predicted octanol–water partition coefficient (Wildman–Crippen LogP) is 5.39. The van der Waals surface area contributed by atoms with Gasteiger partial charge in [0.1, 0.15) is 6.10 Å². The van der Waals surface area contributed by atoms with Crippen LogP contribution in [0.25, 0.3) is 0 Å². The van der Waals surface area contributed by atoms with Crippen molar-refractivity contribution in [2.24, 2.45) is 34.0 Å². The zero-order chi connectivity index (χ0) is 23.2. The molecule has 5 rings (SSSR count). The lowest BCUT2D eigenvalue weighted by molar-refractivity contribution is -0.156. The van der Waals surface area contributed by atoms with E-state index < -0.39 is 6.10 Å². The van der Waals surface area contributed by atoms with Crippen molar-refractivity contribution in [2.45, 2.75) is 79.2 Å². The Hall–Kier alpha value is -1.94. The molecule has 0 aromatic heterocycles. The van der Waals surface area contributed by atoms with Gasteiger partial charge in [0.05, 0.1) is 0 Å². The highest BCUT2D eigenvalue weighted by Gasteiger charge is 2.60. The topological polar surface area (TPSA) is 74.6 Å². The normalized spacial score (nSPS) is 46.1. The maximum atomic E-state index is 12.8. The van der Waals surface area contributed by atoms with Crippen LogP contribution in [0, 0.1) is 34.0 Å². The average molecular weight is 437 g/mol. The summed E-state index contributed by atoms with van der Waals surface area (Å²) in [7, 11) is 0. The summed E-state index contributed by atoms with van der Waals surface area (Å²) in [6.45, 7) is 10.6. The number of carbonyl (C=O) groups excluding carboxylic acids is 2. The van der Waals surface area contributed by atoms with Crippen LogP contribution in [0.5, 0.6) is 0 Å². The van der Waals surface area contributed by atoms with Crippen LogP contribution in [0.2, 0.25) is 0 Å². The van der Waals surface area contributed by atoms with Crippen LogP contribution in [0.15, 0.2) is 46.3 Å². The number of ketones is 2. The zero-order valence-corrected chi connectivity index (χ0v) is 20.0. The molecule has 5 aliphatic rings. The molecule has 0 spiro atoms. The van der Waals surface area contributed by atoms with E-state index >= 15 is 0 Å². The Morgan fingerprint density at radius 2 is 1.78 bits per heavy atom. The minimum absolute atomic E-state index is 0.0175. The zero-order valence-electron chi connectivity index (χ0n) is 20.0. The average Bonchev–Trinajstić information content (AvgIpc) is 2.94. The molecule has 3 fully saturated rings. The molecular formula is C28H36O4. The van der Waals surface area contributed by atoms with E-state index in [9.17, 15) is 19.8 Å². The van der Waals surface area contributed by atoms with Gasteiger partial charge in [-0.15, -0.1) is 0 Å². The molecule has 0 aromatic carbocycles. The van der Waals surface area contributed by atoms with Gasteiger partial charge in [-0.25, -0.2) is 0 Å². The van der Waals surface area contributed by atoms with Crippen molar-refractivity contribution in [3.63, 3.8) is 0 Å². The summed E-state index contributed by atoms with van der Waals surface area (Å²) in [6.07, 6.45) is 10.8. The second-order valence-electron chi connectivity index (χ2n) is 12.0. The molecule has 0 aromatic rings. The molecule has 0 heterocycles. The van der Waals surface area contributed by atoms with Crippen LogP contribution < -0.4 is 0 Å². The fraction of sp³-hybridized carbons (Fsp3) is 0.643. The number of hydrogen-bond donors (Lipinski definition) is 2. The van der Waals surface area contributed by atoms with Crippen LogP contribution in [0.4, 0.5) is 0 Å². The molecule has 3 saturated carbocycles. The number of carbonyl (C=O) groups is 2. The molecule has 32 heavy (non-hydrogen) atoms. The third-order valence-electron chi connectivity index (χ3n) is 10.2. The summed E-state index contributed by atoms with van der Waals surface area (Å²) in [5.74, 6) is 0.155. The van der Waals surface area contributed by atoms with Gasteiger partial charge < -0.3 is 10.2 Å². The molecule has 0 radical (unpaired) electrons. The fourth-order valence-electron chi connectivity index (χ4n) is 8.13. The van der Waals surface area contributed by atoms with Gasteiger partial charge in [-0.05, 0) is 79.9 Å². The Bertz CT molecular complexity index is 1040. The molecule has 1 unspecified atom stereocenters. The number of hydrogen-bond acceptors (Lipinski definition) is 4. The lowest BCUT2D eigenvalue weighted by Gasteiger charge is -2.53. The summed E-state index contributed by atoms with van der Waals surface area (Å²) < 4.78 is 0. The van der Waals surface area contributed by atoms with Crippen LogP contribution in [0.1, 0.15) is 73.1 Å². The minimum atomic E-state index is -0.874. The summed E-state index contributed by atoms with van der Waals surface area (Å²) in [5, 5.41) is 21.4. The van der Waals surface area contributed by atoms with Gasteiger partial charge in [0, 0.05) is 22.3 Å². The highest BCUT2D eigenvalue weighted by Crippen LogP contribution is 2.65. The number of Topliss-reactive ketones (excluding diaryl/α,β-unsaturated/α-hetero) is 1. The van der Waals surface area contributed by atoms with Gasteiger partial charge >= 0.3 is 0 Å². The van der Waals surface area contributed by atoms with E-state index in [0.29, 0.717) is 17.4 Å². The number of rotatable bonds is 0. The molecule has 7 atom stereocenters. The second kappa shape index (κ2) is 6.79. The monoisotopic (exact) mass is 436 g/mol. The van der Waals surface area contributed by atoms with Gasteiger partial charge in [0.25, 0.3) is 0 Å². The third-order valence-corrected chi connectivity index (χ3v) is 10.2. The quantitative estimate of drug-likeness (QED) is 0.534. The molecule has 5 aliphatic carbocycles. The molecular weight excluding hydrogens is 400 g/mol. The van der Waals surface area contributed by atoms with E-state index in [4.69, 9.17) is 0 Å². The fourth-order valence-corrected chi connectivity index (χ4v) is 8.13. The SMILES string of the molecule is CC1=C(O)C(=O)C=C2C1=CC=C1[C@@H]3CC[C@]4(C)C(C[C@@H](C)C(=O)[C@H]4O)[C@](C)(CC[C@@]21C)C3. The Kier molecular flexibility index (Phi) is 4.64. The molecule has 2 bridgehead atoms. The van der Waals surface area contributed by atoms with Crippen molar-refractivity contribution in [3.05, 3.63) is 46.3 Å². The Labute approximate surface area is 191 Å². The standard InChI is InChI=1S/C28H36O4/c1-15-12-22-26(3)10-11-27(4)19(7-6-18-16(2)24(31)21(29)13-20(18)27)17(14-26)8-9-28(22,5)25(32)23(15)30/h6-7,13,15,17,22,25,31-32H,8-12,14H2,1-5H3/t15-,17-,22?,25-,26-,27-,28-/m1/s1. The molecule has 0 amide bonds. The van der Waals surface area contributed by atoms with Gasteiger partial charge in [-0.1, -0.05) is 45.4 Å². The summed E-state index contributed by atoms with van der Waals surface area (Å²) in [5.41, 5.74) is 3.53. The smallest absolute Gasteiger partial charge is 0.220 e. The Morgan fingerprint density at radius 3 is 2.50 bits per heavy atom. The maximum Gasteiger partial charge on any atom is 0.220 e. The van der Waals surface area contributed by atoms with Crippen molar-refractivity contribution < 1.29 is 19.8 Å². The summed E-state index contributed by atoms with van der Waals surface area (Å²) in [4.78, 5) is 25.3. The molecule has 4 nitrogen and oxygen atoms in total. The predicted molar refractivity (Wildman–Crippen MR) is 124 cm³/mol. The van der Waals surface area contributed by atoms with Crippen LogP contribution in [-0.4, -0.2) is 27.9 Å². The third kappa shape index (κ3) is 2.71. The number of allylic oxidation sites excluding steroid dienone is 7. The second-order valence-corrected chi connectivity index (χ2v) is 12.0. The van der Waals surface area contributed by atoms with Crippen molar-refractivity contribution in [1.29, 1.82) is 0 Å². The van der Waals surface area contributed by atoms with E-state index in [-0.39, 0.29) is 39.5 Å². The van der Waals surface area contributed by atoms with Crippen LogP contribution in [-0.2, 0) is 9.59 Å². The van der Waals surface area contributed by atoms with E-state index in [2.05, 4.69) is 32.9 Å². The Morgan fingerprint density at radius 1 is 1.06 bits per heavy atom. The van der Waals surface area contributed by atoms with Crippen molar-refractivity contribution in [1.82, 2.24) is 0 Å². The van der Waals surface area contributed by atoms with Crippen molar-refractivity contribution in [3.8, 4) is 0 Å². The molecule has 4 heteroatoms. The lowest BCUT2D eigenvalue weighted by Crippen LogP contribution is -2.55. The van der Waals surface area contributed by atoms with E-state index in [1.807, 2.05) is 13.8 Å². The first-order chi connectivity index (χ1) is 14.9. The first-order valence-corrected chi connectivity index (χ1v) is 12.2. The van der Waals surface area contributed by atoms with E-state index in [1.165, 1.54) is 5.57 Å². The van der Waals surface area contributed by atoms with Gasteiger partial charge in [0.2, 0.25) is 5.78 Å². The first kappa shape index (κ1) is 21.9. The first-order valence-electron chi connectivity index (χ1n) is 12.2. The Balaban J connectivity index is 1.61. The van der Waals surface area contributed by atoms with Gasteiger partial charge in [-0.2, -0.15) is 0 Å². The molecule has 172 valence electrons. The van der Waals surface area contributed by atoms with Crippen LogP contribution >= 0.6 is 0 Å². The molecule has 0 saturated heterocycles. The number of aliphatic hydroxyl groups excluding tert-OH is 2. The summed E-state index contributed by atoms with van der Waals surface area (Å²) >= 11 is 0. The lowest BCUT2D eigenvalue weighted by atomic mass is 9.52. The molecule has 0 aliphatic heterocycles. The minimum Gasteiger partial charge on any atom is -0.504 e. The number of aliphatic hydroxyl groups is 2. The largest absolute Gasteiger partial charge is 0.504 e. The van der Waals surface area contributed by atoms with Crippen LogP contribution in [0.3, 0.4) is 0 Å². The van der Waals surface area contributed by atoms with Gasteiger partial charge in [0.15, 0.2) is 11.5 Å². The summed E-state index contributed by atoms with van der Waals surface area (Å²) in [6, 6.07) is 0. The van der Waals surface area contributed by atoms with Crippen molar-refractivity contribution in [2.75, 3.05) is 0 Å². The van der Waals surface area contributed by atoms with Gasteiger partial charge in [-0.3, -0.25) is 9.59 Å². The number of fused-ring (bicyclic) bond motifs is 8. The molecule has 2 N–H and O–H groups in total. The highest BCUT2D eigenvalue weighted by atomic mass is 16.3. The maximum absolute atomic E-state index is 12.8. The van der Waals surface area contributed by atoms with Crippen molar-refractivity contribution >= 4 is 11.6 Å². The van der Waals surface area contributed by atoms with E-state index in [1.54, 1.807) is 6.08 Å². The van der Waals surface area contributed by atoms with E-state index in [0.717, 1.165) is 49.7 Å².